The lowest BCUT2D eigenvalue weighted by atomic mass is 9.90. The molecule has 1 atom stereocenters. The predicted octanol–water partition coefficient (Wildman–Crippen LogP) is 3.49. The van der Waals surface area contributed by atoms with Crippen LogP contribution in [0.5, 0.6) is 5.75 Å². The highest BCUT2D eigenvalue weighted by Gasteiger charge is 2.49. The van der Waals surface area contributed by atoms with Crippen LogP contribution in [-0.4, -0.2) is 30.8 Å². The molecule has 1 aliphatic rings. The highest BCUT2D eigenvalue weighted by Crippen LogP contribution is 2.44. The molecule has 2 aromatic carbocycles. The number of hydrogen-bond acceptors (Lipinski definition) is 6. The van der Waals surface area contributed by atoms with Crippen LogP contribution in [0.1, 0.15) is 30.5 Å². The Morgan fingerprint density at radius 1 is 1.12 bits per heavy atom. The van der Waals surface area contributed by atoms with Crippen molar-refractivity contribution >= 4 is 15.9 Å². The first-order valence-electron chi connectivity index (χ1n) is 10.6. The van der Waals surface area contributed by atoms with Crippen LogP contribution in [0.2, 0.25) is 0 Å². The standard InChI is InChI=1S/C24H23F2N3O4S/c1-3-33-20-7-4-6-19-18(20)15-29(14-16-10-12-17(25)13-11-16)24(19,2)23(30)28-34(31,32)22-9-5-8-21(26)27-22/h4-13H,3,14-15H2,1-2H3,(H,28,30). The van der Waals surface area contributed by atoms with E-state index in [0.717, 1.165) is 23.3 Å². The van der Waals surface area contributed by atoms with Crippen LogP contribution in [0.25, 0.3) is 0 Å². The second-order valence-corrected chi connectivity index (χ2v) is 9.63. The van der Waals surface area contributed by atoms with Crippen molar-refractivity contribution in [2.75, 3.05) is 6.61 Å². The zero-order valence-corrected chi connectivity index (χ0v) is 19.4. The molecular weight excluding hydrogens is 464 g/mol. The summed E-state index contributed by atoms with van der Waals surface area (Å²) in [5.74, 6) is -1.60. The van der Waals surface area contributed by atoms with Crippen molar-refractivity contribution in [2.45, 2.75) is 37.5 Å². The van der Waals surface area contributed by atoms with E-state index in [-0.39, 0.29) is 12.4 Å². The van der Waals surface area contributed by atoms with Crippen LogP contribution in [0.4, 0.5) is 8.78 Å². The molecule has 1 unspecified atom stereocenters. The third kappa shape index (κ3) is 4.38. The summed E-state index contributed by atoms with van der Waals surface area (Å²) < 4.78 is 60.4. The molecule has 10 heteroatoms. The fraction of sp³-hybridized carbons (Fsp3) is 0.250. The molecule has 0 fully saturated rings. The van der Waals surface area contributed by atoms with E-state index in [2.05, 4.69) is 9.71 Å². The van der Waals surface area contributed by atoms with Crippen molar-refractivity contribution in [2.24, 2.45) is 0 Å². The van der Waals surface area contributed by atoms with E-state index in [1.165, 1.54) is 18.2 Å². The fourth-order valence-corrected chi connectivity index (χ4v) is 5.11. The Hall–Kier alpha value is -3.37. The monoisotopic (exact) mass is 487 g/mol. The van der Waals surface area contributed by atoms with Crippen molar-refractivity contribution in [3.05, 3.63) is 89.1 Å². The maximum Gasteiger partial charge on any atom is 0.281 e. The number of amides is 1. The van der Waals surface area contributed by atoms with Gasteiger partial charge in [-0.15, -0.1) is 0 Å². The minimum atomic E-state index is -4.44. The van der Waals surface area contributed by atoms with Crippen molar-refractivity contribution in [1.29, 1.82) is 0 Å². The first-order chi connectivity index (χ1) is 16.1. The van der Waals surface area contributed by atoms with Gasteiger partial charge in [-0.2, -0.15) is 12.8 Å². The van der Waals surface area contributed by atoms with Gasteiger partial charge in [-0.3, -0.25) is 9.69 Å². The topological polar surface area (TPSA) is 88.6 Å². The summed E-state index contributed by atoms with van der Waals surface area (Å²) in [6.45, 7) is 4.40. The summed E-state index contributed by atoms with van der Waals surface area (Å²) in [6, 6.07) is 14.4. The van der Waals surface area contributed by atoms with Gasteiger partial charge in [0.1, 0.15) is 17.1 Å². The quantitative estimate of drug-likeness (QED) is 0.514. The Balaban J connectivity index is 1.74. The second kappa shape index (κ2) is 9.11. The molecule has 0 saturated carbocycles. The zero-order chi connectivity index (χ0) is 24.5. The lowest BCUT2D eigenvalue weighted by Crippen LogP contribution is -2.52. The van der Waals surface area contributed by atoms with E-state index in [1.807, 2.05) is 6.92 Å². The third-order valence-corrected chi connectivity index (χ3v) is 7.09. The molecule has 0 radical (unpaired) electrons. The minimum absolute atomic E-state index is 0.239. The molecule has 0 spiro atoms. The van der Waals surface area contributed by atoms with Gasteiger partial charge in [0.2, 0.25) is 5.95 Å². The number of rotatable bonds is 7. The number of nitrogens with one attached hydrogen (secondary N) is 1. The molecule has 1 N–H and O–H groups in total. The van der Waals surface area contributed by atoms with E-state index in [0.29, 0.717) is 24.5 Å². The van der Waals surface area contributed by atoms with Gasteiger partial charge in [-0.05, 0) is 55.3 Å². The number of benzene rings is 2. The Morgan fingerprint density at radius 2 is 1.82 bits per heavy atom. The van der Waals surface area contributed by atoms with Crippen LogP contribution in [0, 0.1) is 11.8 Å². The average molecular weight is 488 g/mol. The Bertz CT molecular complexity index is 1330. The molecule has 1 amide bonds. The molecular formula is C24H23F2N3O4S. The summed E-state index contributed by atoms with van der Waals surface area (Å²) in [5, 5.41) is -0.601. The Labute approximate surface area is 196 Å². The van der Waals surface area contributed by atoms with Gasteiger partial charge in [0.25, 0.3) is 15.9 Å². The number of halogens is 2. The maximum atomic E-state index is 13.6. The number of aromatic nitrogens is 1. The smallest absolute Gasteiger partial charge is 0.281 e. The number of carbonyl (C=O) groups excluding carboxylic acids is 1. The summed E-state index contributed by atoms with van der Waals surface area (Å²) in [4.78, 5) is 18.7. The van der Waals surface area contributed by atoms with Crippen molar-refractivity contribution in [3.8, 4) is 5.75 Å². The molecule has 0 saturated heterocycles. The molecule has 3 aromatic rings. The Kier molecular flexibility index (Phi) is 6.37. The summed E-state index contributed by atoms with van der Waals surface area (Å²) >= 11 is 0. The number of nitrogens with zero attached hydrogens (tertiary/aromatic N) is 2. The van der Waals surface area contributed by atoms with E-state index < -0.39 is 32.4 Å². The van der Waals surface area contributed by atoms with E-state index in [1.54, 1.807) is 42.2 Å². The normalized spacial score (nSPS) is 17.9. The van der Waals surface area contributed by atoms with Crippen LogP contribution in [0.15, 0.2) is 65.7 Å². The van der Waals surface area contributed by atoms with Gasteiger partial charge in [0.15, 0.2) is 5.03 Å². The molecule has 1 aliphatic heterocycles. The molecule has 7 nitrogen and oxygen atoms in total. The van der Waals surface area contributed by atoms with Crippen molar-refractivity contribution in [3.63, 3.8) is 0 Å². The van der Waals surface area contributed by atoms with Crippen molar-refractivity contribution in [1.82, 2.24) is 14.6 Å². The largest absolute Gasteiger partial charge is 0.494 e. The number of carbonyl (C=O) groups is 1. The first kappa shape index (κ1) is 23.8. The second-order valence-electron chi connectivity index (χ2n) is 8.00. The molecule has 4 rings (SSSR count). The highest BCUT2D eigenvalue weighted by atomic mass is 32.2. The van der Waals surface area contributed by atoms with Gasteiger partial charge in [0.05, 0.1) is 6.61 Å². The number of fused-ring (bicyclic) bond motifs is 1. The van der Waals surface area contributed by atoms with Crippen LogP contribution in [0.3, 0.4) is 0 Å². The van der Waals surface area contributed by atoms with Gasteiger partial charge in [-0.25, -0.2) is 14.1 Å². The summed E-state index contributed by atoms with van der Waals surface area (Å²) in [5.41, 5.74) is 0.656. The fourth-order valence-electron chi connectivity index (χ4n) is 4.10. The molecule has 1 aromatic heterocycles. The van der Waals surface area contributed by atoms with Crippen molar-refractivity contribution < 1.29 is 26.7 Å². The predicted molar refractivity (Wildman–Crippen MR) is 120 cm³/mol. The average Bonchev–Trinajstić information content (AvgIpc) is 3.09. The van der Waals surface area contributed by atoms with Gasteiger partial charge in [-0.1, -0.05) is 30.3 Å². The molecule has 2 heterocycles. The molecule has 0 bridgehead atoms. The van der Waals surface area contributed by atoms with Crippen LogP contribution < -0.4 is 9.46 Å². The maximum absolute atomic E-state index is 13.6. The van der Waals surface area contributed by atoms with Gasteiger partial charge in [0, 0.05) is 18.7 Å². The van der Waals surface area contributed by atoms with E-state index in [4.69, 9.17) is 4.74 Å². The van der Waals surface area contributed by atoms with Crippen LogP contribution >= 0.6 is 0 Å². The number of hydrogen-bond donors (Lipinski definition) is 1. The summed E-state index contributed by atoms with van der Waals surface area (Å²) in [6.07, 6.45) is 0. The third-order valence-electron chi connectivity index (χ3n) is 5.86. The highest BCUT2D eigenvalue weighted by molar-refractivity contribution is 7.90. The number of sulfonamides is 1. The van der Waals surface area contributed by atoms with E-state index in [9.17, 15) is 22.0 Å². The summed E-state index contributed by atoms with van der Waals surface area (Å²) in [7, 11) is -4.44. The first-order valence-corrected chi connectivity index (χ1v) is 12.1. The number of ether oxygens (including phenoxy) is 1. The van der Waals surface area contributed by atoms with E-state index >= 15 is 0 Å². The zero-order valence-electron chi connectivity index (χ0n) is 18.6. The van der Waals surface area contributed by atoms with Gasteiger partial charge < -0.3 is 4.74 Å². The molecule has 178 valence electrons. The molecule has 0 aliphatic carbocycles. The SMILES string of the molecule is CCOc1cccc2c1CN(Cc1ccc(F)cc1)C2(C)C(=O)NS(=O)(=O)c1cccc(F)n1. The lowest BCUT2D eigenvalue weighted by Gasteiger charge is -2.34. The van der Waals surface area contributed by atoms with Gasteiger partial charge >= 0.3 is 0 Å². The minimum Gasteiger partial charge on any atom is -0.494 e. The Morgan fingerprint density at radius 3 is 2.50 bits per heavy atom. The van der Waals surface area contributed by atoms with Crippen LogP contribution in [-0.2, 0) is 33.4 Å². The lowest BCUT2D eigenvalue weighted by molar-refractivity contribution is -0.131. The number of pyridine rings is 1. The molecule has 34 heavy (non-hydrogen) atoms.